The summed E-state index contributed by atoms with van der Waals surface area (Å²) in [6.45, 7) is 4.79. The van der Waals surface area contributed by atoms with Crippen LogP contribution in [0.2, 0.25) is 0 Å². The third-order valence-corrected chi connectivity index (χ3v) is 5.38. The van der Waals surface area contributed by atoms with Crippen LogP contribution in [-0.2, 0) is 0 Å². The molecule has 0 saturated carbocycles. The molecule has 1 atom stereocenters. The molecule has 1 unspecified atom stereocenters. The number of nitrogens with zero attached hydrogens (tertiary/aromatic N) is 2. The van der Waals surface area contributed by atoms with Crippen molar-refractivity contribution in [3.63, 3.8) is 0 Å². The van der Waals surface area contributed by atoms with Gasteiger partial charge in [0.2, 0.25) is 0 Å². The first-order valence-electron chi connectivity index (χ1n) is 9.10. The zero-order valence-corrected chi connectivity index (χ0v) is 17.5. The Morgan fingerprint density at radius 1 is 1.22 bits per heavy atom. The molecule has 3 rings (SSSR count). The molecule has 144 valence electrons. The van der Waals surface area contributed by atoms with Crippen LogP contribution < -0.4 is 9.47 Å². The molecule has 0 aromatic heterocycles. The molecule has 2 aromatic carbocycles. The quantitative estimate of drug-likeness (QED) is 0.716. The average molecular weight is 433 g/mol. The number of hydrogen-bond donors (Lipinski definition) is 0. The van der Waals surface area contributed by atoms with E-state index >= 15 is 0 Å². The Morgan fingerprint density at radius 3 is 2.63 bits per heavy atom. The summed E-state index contributed by atoms with van der Waals surface area (Å²) >= 11 is 3.52. The highest BCUT2D eigenvalue weighted by Gasteiger charge is 2.31. The summed E-state index contributed by atoms with van der Waals surface area (Å²) in [6.07, 6.45) is 0. The van der Waals surface area contributed by atoms with Gasteiger partial charge in [0.25, 0.3) is 5.91 Å². The van der Waals surface area contributed by atoms with E-state index in [9.17, 15) is 4.79 Å². The van der Waals surface area contributed by atoms with Gasteiger partial charge in [-0.3, -0.25) is 4.79 Å². The predicted molar refractivity (Wildman–Crippen MR) is 110 cm³/mol. The summed E-state index contributed by atoms with van der Waals surface area (Å²) in [7, 11) is 3.68. The molecule has 0 N–H and O–H groups in total. The number of benzene rings is 2. The van der Waals surface area contributed by atoms with Gasteiger partial charge in [0.1, 0.15) is 0 Å². The number of halogens is 1. The third kappa shape index (κ3) is 4.28. The lowest BCUT2D eigenvalue weighted by Crippen LogP contribution is -2.49. The first kappa shape index (κ1) is 19.7. The molecule has 1 aliphatic rings. The largest absolute Gasteiger partial charge is 0.493 e. The van der Waals surface area contributed by atoms with Crippen LogP contribution in [0.5, 0.6) is 11.5 Å². The Balaban J connectivity index is 1.94. The molecule has 1 amide bonds. The van der Waals surface area contributed by atoms with Gasteiger partial charge in [0, 0.05) is 25.2 Å². The maximum Gasteiger partial charge on any atom is 0.254 e. The number of likely N-dealkylation sites (N-methyl/N-ethyl adjacent to an activating group) is 1. The number of methoxy groups -OCH3 is 1. The summed E-state index contributed by atoms with van der Waals surface area (Å²) in [6, 6.07) is 13.8. The third-order valence-electron chi connectivity index (χ3n) is 4.79. The highest BCUT2D eigenvalue weighted by molar-refractivity contribution is 9.10. The van der Waals surface area contributed by atoms with E-state index in [0.29, 0.717) is 30.2 Å². The summed E-state index contributed by atoms with van der Waals surface area (Å²) in [5.74, 6) is 1.17. The van der Waals surface area contributed by atoms with E-state index in [0.717, 1.165) is 23.1 Å². The smallest absolute Gasteiger partial charge is 0.254 e. The van der Waals surface area contributed by atoms with Gasteiger partial charge in [-0.1, -0.05) is 30.3 Å². The second-order valence-electron chi connectivity index (χ2n) is 6.61. The van der Waals surface area contributed by atoms with Crippen LogP contribution in [0.1, 0.15) is 28.9 Å². The van der Waals surface area contributed by atoms with Crippen LogP contribution in [0.15, 0.2) is 46.9 Å². The van der Waals surface area contributed by atoms with Gasteiger partial charge in [-0.15, -0.1) is 0 Å². The minimum Gasteiger partial charge on any atom is -0.493 e. The molecule has 0 bridgehead atoms. The van der Waals surface area contributed by atoms with Crippen LogP contribution in [0.3, 0.4) is 0 Å². The number of hydrogen-bond acceptors (Lipinski definition) is 4. The number of ether oxygens (including phenoxy) is 2. The van der Waals surface area contributed by atoms with Crippen molar-refractivity contribution >= 4 is 21.8 Å². The van der Waals surface area contributed by atoms with E-state index in [1.165, 1.54) is 0 Å². The van der Waals surface area contributed by atoms with Crippen molar-refractivity contribution in [2.24, 2.45) is 0 Å². The molecular weight excluding hydrogens is 408 g/mol. The number of carbonyl (C=O) groups excluding carboxylic acids is 1. The van der Waals surface area contributed by atoms with Crippen molar-refractivity contribution < 1.29 is 14.3 Å². The van der Waals surface area contributed by atoms with Crippen molar-refractivity contribution in [2.75, 3.05) is 40.4 Å². The fraction of sp³-hybridized carbons (Fsp3) is 0.381. The Morgan fingerprint density at radius 2 is 1.96 bits per heavy atom. The van der Waals surface area contributed by atoms with E-state index in [1.54, 1.807) is 13.2 Å². The van der Waals surface area contributed by atoms with E-state index in [-0.39, 0.29) is 11.9 Å². The lowest BCUT2D eigenvalue weighted by Gasteiger charge is -2.40. The van der Waals surface area contributed by atoms with E-state index in [2.05, 4.69) is 40.0 Å². The fourth-order valence-corrected chi connectivity index (χ4v) is 3.97. The molecule has 2 aromatic rings. The first-order valence-corrected chi connectivity index (χ1v) is 9.89. The van der Waals surface area contributed by atoms with Gasteiger partial charge in [0.15, 0.2) is 11.5 Å². The van der Waals surface area contributed by atoms with Crippen LogP contribution >= 0.6 is 15.9 Å². The number of piperazine rings is 1. The molecule has 0 radical (unpaired) electrons. The SMILES string of the molecule is CCOc1c(Br)cc(C(=O)N2CCN(C)CC2c2ccccc2)cc1OC. The van der Waals surface area contributed by atoms with E-state index in [1.807, 2.05) is 36.1 Å². The maximum absolute atomic E-state index is 13.4. The van der Waals surface area contributed by atoms with E-state index in [4.69, 9.17) is 9.47 Å². The van der Waals surface area contributed by atoms with Gasteiger partial charge in [-0.05, 0) is 47.6 Å². The molecule has 27 heavy (non-hydrogen) atoms. The molecule has 0 spiro atoms. The van der Waals surface area contributed by atoms with Gasteiger partial charge in [-0.25, -0.2) is 0 Å². The maximum atomic E-state index is 13.4. The number of carbonyl (C=O) groups is 1. The second kappa shape index (κ2) is 8.76. The molecule has 1 fully saturated rings. The van der Waals surface area contributed by atoms with Gasteiger partial charge in [0.05, 0.1) is 24.2 Å². The lowest BCUT2D eigenvalue weighted by atomic mass is 10.0. The van der Waals surface area contributed by atoms with Gasteiger partial charge in [-0.2, -0.15) is 0 Å². The van der Waals surface area contributed by atoms with Crippen molar-refractivity contribution in [1.29, 1.82) is 0 Å². The molecule has 1 heterocycles. The topological polar surface area (TPSA) is 42.0 Å². The van der Waals surface area contributed by atoms with Crippen molar-refractivity contribution in [1.82, 2.24) is 9.80 Å². The molecule has 0 aliphatic carbocycles. The Kier molecular flexibility index (Phi) is 6.39. The highest BCUT2D eigenvalue weighted by atomic mass is 79.9. The fourth-order valence-electron chi connectivity index (χ4n) is 3.42. The monoisotopic (exact) mass is 432 g/mol. The number of rotatable bonds is 5. The zero-order chi connectivity index (χ0) is 19.4. The normalized spacial score (nSPS) is 17.6. The Labute approximate surface area is 169 Å². The van der Waals surface area contributed by atoms with Crippen LogP contribution in [0.25, 0.3) is 0 Å². The molecule has 5 nitrogen and oxygen atoms in total. The summed E-state index contributed by atoms with van der Waals surface area (Å²) in [4.78, 5) is 17.6. The average Bonchev–Trinajstić information content (AvgIpc) is 2.69. The highest BCUT2D eigenvalue weighted by Crippen LogP contribution is 2.37. The lowest BCUT2D eigenvalue weighted by molar-refractivity contribution is 0.0497. The van der Waals surface area contributed by atoms with E-state index < -0.39 is 0 Å². The zero-order valence-electron chi connectivity index (χ0n) is 15.9. The predicted octanol–water partition coefficient (Wildman–Crippen LogP) is 3.99. The van der Waals surface area contributed by atoms with Crippen molar-refractivity contribution in [3.05, 3.63) is 58.1 Å². The standard InChI is InChI=1S/C21H25BrN2O3/c1-4-27-20-17(22)12-16(13-19(20)26-3)21(25)24-11-10-23(2)14-18(24)15-8-6-5-7-9-15/h5-9,12-13,18H,4,10-11,14H2,1-3H3. The summed E-state index contributed by atoms with van der Waals surface area (Å²) < 4.78 is 11.8. The van der Waals surface area contributed by atoms with Gasteiger partial charge >= 0.3 is 0 Å². The van der Waals surface area contributed by atoms with Gasteiger partial charge < -0.3 is 19.3 Å². The van der Waals surface area contributed by atoms with Crippen LogP contribution in [0.4, 0.5) is 0 Å². The molecule has 1 saturated heterocycles. The summed E-state index contributed by atoms with van der Waals surface area (Å²) in [5.41, 5.74) is 1.74. The van der Waals surface area contributed by atoms with Crippen molar-refractivity contribution in [2.45, 2.75) is 13.0 Å². The van der Waals surface area contributed by atoms with Crippen LogP contribution in [-0.4, -0.2) is 56.1 Å². The Hall–Kier alpha value is -2.05. The van der Waals surface area contributed by atoms with Crippen LogP contribution in [0, 0.1) is 0 Å². The molecule has 6 heteroatoms. The first-order chi connectivity index (χ1) is 13.0. The minimum atomic E-state index is -0.000925. The summed E-state index contributed by atoms with van der Waals surface area (Å²) in [5, 5.41) is 0. The van der Waals surface area contributed by atoms with Crippen molar-refractivity contribution in [3.8, 4) is 11.5 Å². The second-order valence-corrected chi connectivity index (χ2v) is 7.46. The molecule has 1 aliphatic heterocycles. The Bertz CT molecular complexity index is 798. The number of amides is 1. The minimum absolute atomic E-state index is 0.000925. The molecular formula is C21H25BrN2O3.